The van der Waals surface area contributed by atoms with Gasteiger partial charge in [0.2, 0.25) is 17.7 Å². The van der Waals surface area contributed by atoms with Crippen molar-refractivity contribution in [2.24, 2.45) is 0 Å². The van der Waals surface area contributed by atoms with Gasteiger partial charge in [0.25, 0.3) is 0 Å². The van der Waals surface area contributed by atoms with Crippen molar-refractivity contribution in [1.29, 1.82) is 0 Å². The molecule has 1 atom stereocenters. The molecular formula is C25H30ClN5O3. The fourth-order valence-electron chi connectivity index (χ4n) is 4.70. The smallest absolute Gasteiger partial charge is 0.245 e. The van der Waals surface area contributed by atoms with Crippen molar-refractivity contribution in [3.63, 3.8) is 0 Å². The Morgan fingerprint density at radius 3 is 2.76 bits per heavy atom. The third kappa shape index (κ3) is 5.06. The molecule has 8 nitrogen and oxygen atoms in total. The molecule has 34 heavy (non-hydrogen) atoms. The molecule has 2 fully saturated rings. The molecule has 2 aliphatic rings. The maximum Gasteiger partial charge on any atom is 0.245 e. The fraction of sp³-hybridized carbons (Fsp3) is 0.480. The van der Waals surface area contributed by atoms with Crippen LogP contribution in [-0.2, 0) is 14.4 Å². The highest BCUT2D eigenvalue weighted by Crippen LogP contribution is 2.32. The van der Waals surface area contributed by atoms with Crippen molar-refractivity contribution in [2.45, 2.75) is 57.5 Å². The molecule has 3 amide bonds. The first-order valence-corrected chi connectivity index (χ1v) is 12.1. The summed E-state index contributed by atoms with van der Waals surface area (Å²) in [4.78, 5) is 50.5. The number of nitrogens with one attached hydrogen (secondary N) is 1. The lowest BCUT2D eigenvalue weighted by molar-refractivity contribution is -0.149. The molecule has 0 saturated carbocycles. The van der Waals surface area contributed by atoms with Crippen LogP contribution in [0.2, 0.25) is 5.02 Å². The lowest BCUT2D eigenvalue weighted by Gasteiger charge is -2.41. The van der Waals surface area contributed by atoms with Crippen molar-refractivity contribution in [3.05, 3.63) is 47.2 Å². The minimum atomic E-state index is -0.868. The molecule has 2 saturated heterocycles. The summed E-state index contributed by atoms with van der Waals surface area (Å²) in [6.45, 7) is 5.12. The number of benzene rings is 1. The van der Waals surface area contributed by atoms with Gasteiger partial charge in [0.1, 0.15) is 5.54 Å². The van der Waals surface area contributed by atoms with E-state index in [9.17, 15) is 14.4 Å². The van der Waals surface area contributed by atoms with Crippen LogP contribution < -0.4 is 5.32 Å². The maximum absolute atomic E-state index is 13.0. The molecule has 1 N–H and O–H groups in total. The summed E-state index contributed by atoms with van der Waals surface area (Å²) in [5, 5.41) is 3.41. The van der Waals surface area contributed by atoms with E-state index < -0.39 is 5.54 Å². The van der Waals surface area contributed by atoms with E-state index in [0.717, 1.165) is 24.1 Å². The molecule has 1 aromatic carbocycles. The monoisotopic (exact) mass is 483 g/mol. The minimum Gasteiger partial charge on any atom is -0.352 e. The fourth-order valence-corrected chi connectivity index (χ4v) is 4.89. The second kappa shape index (κ2) is 10.1. The van der Waals surface area contributed by atoms with Gasteiger partial charge in [0.15, 0.2) is 5.82 Å². The molecule has 1 aromatic heterocycles. The average molecular weight is 484 g/mol. The van der Waals surface area contributed by atoms with Gasteiger partial charge in [-0.1, -0.05) is 23.7 Å². The molecular weight excluding hydrogens is 454 g/mol. The lowest BCUT2D eigenvalue weighted by atomic mass is 9.98. The van der Waals surface area contributed by atoms with Crippen LogP contribution >= 0.6 is 11.6 Å². The number of aromatic nitrogens is 2. The van der Waals surface area contributed by atoms with E-state index in [1.54, 1.807) is 31.0 Å². The molecule has 0 radical (unpaired) electrons. The van der Waals surface area contributed by atoms with E-state index in [4.69, 9.17) is 16.6 Å². The molecule has 9 heteroatoms. The summed E-state index contributed by atoms with van der Waals surface area (Å²) in [6, 6.07) is 9.15. The summed E-state index contributed by atoms with van der Waals surface area (Å²) in [7, 11) is 0. The Hall–Kier alpha value is -3.00. The van der Waals surface area contributed by atoms with Crippen molar-refractivity contribution in [2.75, 3.05) is 19.6 Å². The van der Waals surface area contributed by atoms with Crippen molar-refractivity contribution in [3.8, 4) is 11.4 Å². The molecule has 2 aromatic rings. The van der Waals surface area contributed by atoms with Crippen molar-refractivity contribution >= 4 is 29.3 Å². The summed E-state index contributed by atoms with van der Waals surface area (Å²) in [5.41, 5.74) is 0.777. The highest BCUT2D eigenvalue weighted by molar-refractivity contribution is 6.30. The van der Waals surface area contributed by atoms with Crippen LogP contribution in [-0.4, -0.2) is 62.7 Å². The summed E-state index contributed by atoms with van der Waals surface area (Å²) < 4.78 is 0. The summed E-state index contributed by atoms with van der Waals surface area (Å²) >= 11 is 6.11. The third-order valence-electron chi connectivity index (χ3n) is 6.61. The van der Waals surface area contributed by atoms with E-state index in [1.165, 1.54) is 0 Å². The summed E-state index contributed by atoms with van der Waals surface area (Å²) in [6.07, 6.45) is 4.44. The van der Waals surface area contributed by atoms with Crippen LogP contribution in [0.1, 0.15) is 57.7 Å². The Kier molecular flexibility index (Phi) is 7.16. The van der Waals surface area contributed by atoms with Gasteiger partial charge in [-0.15, -0.1) is 0 Å². The lowest BCUT2D eigenvalue weighted by Crippen LogP contribution is -2.63. The minimum absolute atomic E-state index is 0.0221. The standard InChI is InChI=1S/C25H30ClN5O3/c1-25(2)24(34)28-13-15-31(25)22(33)10-4-9-21(32)30-14-5-8-20(30)19-11-12-27-23(29-19)17-6-3-7-18(26)16-17/h3,6-7,11-12,16,20H,4-5,8-10,13-15H2,1-2H3,(H,28,34). The van der Waals surface area contributed by atoms with Crippen LogP contribution in [0, 0.1) is 0 Å². The van der Waals surface area contributed by atoms with Crippen LogP contribution in [0.3, 0.4) is 0 Å². The van der Waals surface area contributed by atoms with E-state index >= 15 is 0 Å². The number of carbonyl (C=O) groups excluding carboxylic acids is 3. The number of rotatable bonds is 6. The zero-order chi connectivity index (χ0) is 24.3. The first-order chi connectivity index (χ1) is 16.3. The zero-order valence-electron chi connectivity index (χ0n) is 19.6. The number of hydrogen-bond acceptors (Lipinski definition) is 5. The second-order valence-corrected chi connectivity index (χ2v) is 9.71. The number of amides is 3. The van der Waals surface area contributed by atoms with Crippen LogP contribution in [0.15, 0.2) is 36.5 Å². The number of piperazine rings is 1. The molecule has 0 bridgehead atoms. The number of carbonyl (C=O) groups is 3. The molecule has 3 heterocycles. The zero-order valence-corrected chi connectivity index (χ0v) is 20.3. The Balaban J connectivity index is 1.37. The number of nitrogens with zero attached hydrogens (tertiary/aromatic N) is 4. The third-order valence-corrected chi connectivity index (χ3v) is 6.84. The number of halogens is 1. The molecule has 0 spiro atoms. The molecule has 180 valence electrons. The first-order valence-electron chi connectivity index (χ1n) is 11.7. The maximum atomic E-state index is 13.0. The first kappa shape index (κ1) is 24.1. The average Bonchev–Trinajstić information content (AvgIpc) is 3.31. The van der Waals surface area contributed by atoms with Crippen LogP contribution in [0.4, 0.5) is 0 Å². The van der Waals surface area contributed by atoms with Gasteiger partial charge >= 0.3 is 0 Å². The summed E-state index contributed by atoms with van der Waals surface area (Å²) in [5.74, 6) is 0.365. The largest absolute Gasteiger partial charge is 0.352 e. The van der Waals surface area contributed by atoms with Gasteiger partial charge in [0, 0.05) is 49.3 Å². The van der Waals surface area contributed by atoms with Crippen molar-refractivity contribution < 1.29 is 14.4 Å². The number of likely N-dealkylation sites (tertiary alicyclic amines) is 1. The van der Waals surface area contributed by atoms with E-state index in [-0.39, 0.29) is 36.6 Å². The highest BCUT2D eigenvalue weighted by atomic mass is 35.5. The van der Waals surface area contributed by atoms with Gasteiger partial charge in [-0.05, 0) is 51.3 Å². The van der Waals surface area contributed by atoms with Gasteiger partial charge in [0.05, 0.1) is 11.7 Å². The molecule has 4 rings (SSSR count). The molecule has 1 unspecified atom stereocenters. The van der Waals surface area contributed by atoms with E-state index in [2.05, 4.69) is 10.3 Å². The van der Waals surface area contributed by atoms with E-state index in [0.29, 0.717) is 36.9 Å². The quantitative estimate of drug-likeness (QED) is 0.679. The Morgan fingerprint density at radius 1 is 1.18 bits per heavy atom. The normalized spacial score (nSPS) is 19.7. The predicted octanol–water partition coefficient (Wildman–Crippen LogP) is 3.37. The number of hydrogen-bond donors (Lipinski definition) is 1. The van der Waals surface area contributed by atoms with Crippen LogP contribution in [0.5, 0.6) is 0 Å². The van der Waals surface area contributed by atoms with Gasteiger partial charge in [-0.3, -0.25) is 14.4 Å². The Morgan fingerprint density at radius 2 is 1.97 bits per heavy atom. The Bertz CT molecular complexity index is 1090. The highest BCUT2D eigenvalue weighted by Gasteiger charge is 2.40. The Labute approximate surface area is 204 Å². The van der Waals surface area contributed by atoms with Gasteiger partial charge < -0.3 is 15.1 Å². The SMILES string of the molecule is CC1(C)C(=O)NCCN1C(=O)CCCC(=O)N1CCCC1c1ccnc(-c2cccc(Cl)c2)n1. The topological polar surface area (TPSA) is 95.5 Å². The van der Waals surface area contributed by atoms with Gasteiger partial charge in [-0.2, -0.15) is 0 Å². The predicted molar refractivity (Wildman–Crippen MR) is 129 cm³/mol. The molecule has 0 aliphatic carbocycles. The van der Waals surface area contributed by atoms with Gasteiger partial charge in [-0.25, -0.2) is 9.97 Å². The van der Waals surface area contributed by atoms with E-state index in [1.807, 2.05) is 29.2 Å². The van der Waals surface area contributed by atoms with Crippen LogP contribution in [0.25, 0.3) is 11.4 Å². The van der Waals surface area contributed by atoms with Crippen molar-refractivity contribution in [1.82, 2.24) is 25.1 Å². The second-order valence-electron chi connectivity index (χ2n) is 9.27. The molecule has 2 aliphatic heterocycles.